The molecule has 0 saturated heterocycles. The van der Waals surface area contributed by atoms with Gasteiger partial charge in [-0.25, -0.2) is 9.38 Å². The zero-order valence-corrected chi connectivity index (χ0v) is 11.7. The van der Waals surface area contributed by atoms with Crippen LogP contribution in [-0.4, -0.2) is 4.98 Å². The van der Waals surface area contributed by atoms with Crippen molar-refractivity contribution in [1.29, 1.82) is 0 Å². The van der Waals surface area contributed by atoms with Crippen molar-refractivity contribution < 1.29 is 4.39 Å². The lowest BCUT2D eigenvalue weighted by molar-refractivity contribution is 0.628. The average Bonchev–Trinajstić information content (AvgIpc) is 2.91. The minimum atomic E-state index is -0.228. The SMILES string of the molecule is Cc1ccc(N=c2[nH]c(-c3ccc(F)cc3)cs2)cc1. The van der Waals surface area contributed by atoms with Crippen LogP contribution in [0.4, 0.5) is 10.1 Å². The number of H-pyrrole nitrogens is 1. The first-order chi connectivity index (χ1) is 9.70. The van der Waals surface area contributed by atoms with Gasteiger partial charge in [0.05, 0.1) is 11.4 Å². The first-order valence-electron chi connectivity index (χ1n) is 6.26. The summed E-state index contributed by atoms with van der Waals surface area (Å²) in [6.07, 6.45) is 0. The number of thiazole rings is 1. The predicted molar refractivity (Wildman–Crippen MR) is 80.5 cm³/mol. The van der Waals surface area contributed by atoms with E-state index in [-0.39, 0.29) is 5.82 Å². The van der Waals surface area contributed by atoms with Crippen LogP contribution in [0.25, 0.3) is 11.3 Å². The van der Waals surface area contributed by atoms with E-state index in [2.05, 4.69) is 9.98 Å². The summed E-state index contributed by atoms with van der Waals surface area (Å²) in [5, 5.41) is 1.99. The van der Waals surface area contributed by atoms with Crippen LogP contribution in [0.1, 0.15) is 5.56 Å². The lowest BCUT2D eigenvalue weighted by Crippen LogP contribution is -1.96. The summed E-state index contributed by atoms with van der Waals surface area (Å²) in [6.45, 7) is 2.05. The van der Waals surface area contributed by atoms with Gasteiger partial charge in [-0.05, 0) is 48.9 Å². The molecule has 3 aromatic rings. The Kier molecular flexibility index (Phi) is 3.48. The highest BCUT2D eigenvalue weighted by Crippen LogP contribution is 2.18. The van der Waals surface area contributed by atoms with Crippen molar-refractivity contribution in [3.8, 4) is 11.3 Å². The van der Waals surface area contributed by atoms with Crippen LogP contribution in [0.15, 0.2) is 58.9 Å². The summed E-state index contributed by atoms with van der Waals surface area (Å²) in [5.74, 6) is -0.228. The van der Waals surface area contributed by atoms with Crippen molar-refractivity contribution in [2.45, 2.75) is 6.92 Å². The summed E-state index contributed by atoms with van der Waals surface area (Å²) >= 11 is 1.53. The minimum absolute atomic E-state index is 0.228. The van der Waals surface area contributed by atoms with E-state index in [4.69, 9.17) is 0 Å². The standard InChI is InChI=1S/C16H13FN2S/c1-11-2-8-14(9-3-11)18-16-19-15(10-20-16)12-4-6-13(17)7-5-12/h2-10H,1H3,(H,18,19). The molecule has 0 aliphatic rings. The number of nitrogens with one attached hydrogen (secondary N) is 1. The van der Waals surface area contributed by atoms with Crippen molar-refractivity contribution in [1.82, 2.24) is 4.98 Å². The molecule has 0 atom stereocenters. The number of rotatable bonds is 2. The molecular formula is C16H13FN2S. The van der Waals surface area contributed by atoms with Gasteiger partial charge in [0.2, 0.25) is 0 Å². The van der Waals surface area contributed by atoms with Crippen LogP contribution in [-0.2, 0) is 0 Å². The van der Waals surface area contributed by atoms with E-state index in [1.807, 2.05) is 36.6 Å². The number of halogens is 1. The molecule has 0 radical (unpaired) electrons. The van der Waals surface area contributed by atoms with Gasteiger partial charge >= 0.3 is 0 Å². The number of hydrogen-bond donors (Lipinski definition) is 1. The van der Waals surface area contributed by atoms with Gasteiger partial charge in [0, 0.05) is 5.38 Å². The van der Waals surface area contributed by atoms with Crippen LogP contribution < -0.4 is 4.80 Å². The second-order valence-electron chi connectivity index (χ2n) is 4.53. The Morgan fingerprint density at radius 2 is 1.70 bits per heavy atom. The Labute approximate surface area is 120 Å². The molecule has 20 heavy (non-hydrogen) atoms. The normalized spacial score (nSPS) is 11.8. The second kappa shape index (κ2) is 5.43. The number of aryl methyl sites for hydroxylation is 1. The van der Waals surface area contributed by atoms with Crippen LogP contribution in [0.3, 0.4) is 0 Å². The molecule has 3 rings (SSSR count). The molecule has 0 aliphatic carbocycles. The van der Waals surface area contributed by atoms with Gasteiger partial charge in [-0.2, -0.15) is 0 Å². The molecule has 4 heteroatoms. The van der Waals surface area contributed by atoms with Crippen molar-refractivity contribution in [3.05, 3.63) is 70.1 Å². The Morgan fingerprint density at radius 3 is 2.40 bits per heavy atom. The summed E-state index contributed by atoms with van der Waals surface area (Å²) in [5.41, 5.74) is 4.03. The quantitative estimate of drug-likeness (QED) is 0.721. The number of aromatic amines is 1. The van der Waals surface area contributed by atoms with Crippen LogP contribution in [0.5, 0.6) is 0 Å². The van der Waals surface area contributed by atoms with Gasteiger partial charge in [0.15, 0.2) is 4.80 Å². The molecule has 1 N–H and O–H groups in total. The molecular weight excluding hydrogens is 271 g/mol. The maximum Gasteiger partial charge on any atom is 0.187 e. The summed E-state index contributed by atoms with van der Waals surface area (Å²) in [4.78, 5) is 8.60. The molecule has 2 nitrogen and oxygen atoms in total. The van der Waals surface area contributed by atoms with E-state index >= 15 is 0 Å². The monoisotopic (exact) mass is 284 g/mol. The second-order valence-corrected chi connectivity index (χ2v) is 5.39. The van der Waals surface area contributed by atoms with E-state index in [9.17, 15) is 4.39 Å². The first-order valence-corrected chi connectivity index (χ1v) is 7.14. The maximum atomic E-state index is 12.9. The Hall–Kier alpha value is -2.20. The number of nitrogens with zero attached hydrogens (tertiary/aromatic N) is 1. The van der Waals surface area contributed by atoms with Gasteiger partial charge in [0.25, 0.3) is 0 Å². The van der Waals surface area contributed by atoms with Crippen LogP contribution in [0, 0.1) is 12.7 Å². The Bertz CT molecular complexity index is 767. The van der Waals surface area contributed by atoms with Gasteiger partial charge in [0.1, 0.15) is 5.82 Å². The van der Waals surface area contributed by atoms with Crippen molar-refractivity contribution in [2.24, 2.45) is 4.99 Å². The first kappa shape index (κ1) is 12.8. The van der Waals surface area contributed by atoms with Gasteiger partial charge in [-0.3, -0.25) is 0 Å². The molecule has 0 unspecified atom stereocenters. The maximum absolute atomic E-state index is 12.9. The minimum Gasteiger partial charge on any atom is -0.330 e. The number of aromatic nitrogens is 1. The van der Waals surface area contributed by atoms with Crippen molar-refractivity contribution in [2.75, 3.05) is 0 Å². The third kappa shape index (κ3) is 2.86. The topological polar surface area (TPSA) is 28.1 Å². The fourth-order valence-electron chi connectivity index (χ4n) is 1.85. The lowest BCUT2D eigenvalue weighted by atomic mass is 10.2. The Balaban J connectivity index is 1.93. The fraction of sp³-hybridized carbons (Fsp3) is 0.0625. The summed E-state index contributed by atoms with van der Waals surface area (Å²) < 4.78 is 12.9. The highest BCUT2D eigenvalue weighted by Gasteiger charge is 2.00. The van der Waals surface area contributed by atoms with Crippen molar-refractivity contribution in [3.63, 3.8) is 0 Å². The third-order valence-corrected chi connectivity index (χ3v) is 3.72. The molecule has 0 fully saturated rings. The fourth-order valence-corrected chi connectivity index (χ4v) is 2.60. The average molecular weight is 284 g/mol. The van der Waals surface area contributed by atoms with E-state index in [0.717, 1.165) is 21.7 Å². The zero-order valence-electron chi connectivity index (χ0n) is 10.9. The Morgan fingerprint density at radius 1 is 1.00 bits per heavy atom. The van der Waals surface area contributed by atoms with Crippen molar-refractivity contribution >= 4 is 17.0 Å². The van der Waals surface area contributed by atoms with Gasteiger partial charge in [-0.1, -0.05) is 17.7 Å². The molecule has 0 bridgehead atoms. The highest BCUT2D eigenvalue weighted by molar-refractivity contribution is 7.07. The van der Waals surface area contributed by atoms with Gasteiger partial charge in [-0.15, -0.1) is 11.3 Å². The van der Waals surface area contributed by atoms with Crippen LogP contribution in [0.2, 0.25) is 0 Å². The van der Waals surface area contributed by atoms with Gasteiger partial charge < -0.3 is 4.98 Å². The molecule has 100 valence electrons. The highest BCUT2D eigenvalue weighted by atomic mass is 32.1. The summed E-state index contributed by atoms with van der Waals surface area (Å²) in [7, 11) is 0. The smallest absolute Gasteiger partial charge is 0.187 e. The number of hydrogen-bond acceptors (Lipinski definition) is 2. The molecule has 0 spiro atoms. The van der Waals surface area contributed by atoms with E-state index in [0.29, 0.717) is 0 Å². The van der Waals surface area contributed by atoms with E-state index in [1.54, 1.807) is 12.1 Å². The van der Waals surface area contributed by atoms with Crippen LogP contribution >= 0.6 is 11.3 Å². The third-order valence-electron chi connectivity index (χ3n) is 2.95. The van der Waals surface area contributed by atoms with E-state index < -0.39 is 0 Å². The zero-order chi connectivity index (χ0) is 13.9. The molecule has 1 aromatic heterocycles. The predicted octanol–water partition coefficient (Wildman–Crippen LogP) is 4.42. The summed E-state index contributed by atoms with van der Waals surface area (Å²) in [6, 6.07) is 14.5. The molecule has 0 amide bonds. The molecule has 0 aliphatic heterocycles. The van der Waals surface area contributed by atoms with E-state index in [1.165, 1.54) is 29.0 Å². The molecule has 1 heterocycles. The molecule has 0 saturated carbocycles. The largest absolute Gasteiger partial charge is 0.330 e. The number of benzene rings is 2. The molecule has 2 aromatic carbocycles. The lowest BCUT2D eigenvalue weighted by Gasteiger charge is -1.96.